The van der Waals surface area contributed by atoms with E-state index in [9.17, 15) is 9.59 Å². The molecule has 126 valence electrons. The minimum absolute atomic E-state index is 0.141. The van der Waals surface area contributed by atoms with Crippen molar-refractivity contribution in [2.24, 2.45) is 0 Å². The number of nitrogens with one attached hydrogen (secondary N) is 3. The van der Waals surface area contributed by atoms with E-state index in [1.807, 2.05) is 0 Å². The van der Waals surface area contributed by atoms with Crippen molar-refractivity contribution < 1.29 is 9.59 Å². The summed E-state index contributed by atoms with van der Waals surface area (Å²) in [7, 11) is 0. The van der Waals surface area contributed by atoms with Gasteiger partial charge in [0, 0.05) is 36.9 Å². The van der Waals surface area contributed by atoms with Gasteiger partial charge < -0.3 is 16.0 Å². The van der Waals surface area contributed by atoms with Crippen molar-refractivity contribution in [3.63, 3.8) is 0 Å². The molecule has 0 saturated heterocycles. The lowest BCUT2D eigenvalue weighted by molar-refractivity contribution is -0.114. The third kappa shape index (κ3) is 5.71. The first kappa shape index (κ1) is 18.1. The first-order valence-electron chi connectivity index (χ1n) is 7.01. The second kappa shape index (κ2) is 8.56. The summed E-state index contributed by atoms with van der Waals surface area (Å²) < 4.78 is 0.711. The second-order valence-corrected chi connectivity index (χ2v) is 5.67. The van der Waals surface area contributed by atoms with E-state index in [1.54, 1.807) is 30.3 Å². The van der Waals surface area contributed by atoms with Crippen molar-refractivity contribution in [3.8, 4) is 6.07 Å². The number of benzene rings is 1. The molecule has 9 heteroatoms. The van der Waals surface area contributed by atoms with Crippen LogP contribution in [0.5, 0.6) is 0 Å². The number of nitriles is 1. The zero-order chi connectivity index (χ0) is 18.2. The fourth-order valence-electron chi connectivity index (χ4n) is 1.71. The van der Waals surface area contributed by atoms with Crippen LogP contribution in [0.3, 0.4) is 0 Å². The van der Waals surface area contributed by atoms with Gasteiger partial charge in [-0.3, -0.25) is 9.59 Å². The monoisotopic (exact) mass is 400 g/mol. The lowest BCUT2D eigenvalue weighted by Crippen LogP contribution is -2.15. The van der Waals surface area contributed by atoms with Crippen molar-refractivity contribution in [3.05, 3.63) is 52.9 Å². The number of amides is 2. The van der Waals surface area contributed by atoms with E-state index >= 15 is 0 Å². The average Bonchev–Trinajstić information content (AvgIpc) is 2.58. The van der Waals surface area contributed by atoms with Crippen molar-refractivity contribution >= 4 is 45.1 Å². The Labute approximate surface area is 152 Å². The summed E-state index contributed by atoms with van der Waals surface area (Å²) in [5.41, 5.74) is 0.952. The van der Waals surface area contributed by atoms with Gasteiger partial charge in [0.2, 0.25) is 11.9 Å². The number of hydrogen-bond acceptors (Lipinski definition) is 6. The molecule has 0 fully saturated rings. The van der Waals surface area contributed by atoms with Crippen LogP contribution < -0.4 is 16.0 Å². The lowest BCUT2D eigenvalue weighted by Gasteiger charge is -2.06. The zero-order valence-electron chi connectivity index (χ0n) is 13.1. The number of carbonyl (C=O) groups excluding carboxylic acids is 2. The minimum atomic E-state index is -0.584. The van der Waals surface area contributed by atoms with Gasteiger partial charge in [-0.1, -0.05) is 0 Å². The van der Waals surface area contributed by atoms with Crippen LogP contribution in [0, 0.1) is 11.3 Å². The molecule has 0 bridgehead atoms. The maximum atomic E-state index is 12.1. The molecule has 2 aromatic rings. The maximum absolute atomic E-state index is 12.1. The Balaban J connectivity index is 2.01. The molecule has 25 heavy (non-hydrogen) atoms. The van der Waals surface area contributed by atoms with Gasteiger partial charge in [0.05, 0.1) is 4.47 Å². The van der Waals surface area contributed by atoms with E-state index in [0.29, 0.717) is 15.8 Å². The van der Waals surface area contributed by atoms with Gasteiger partial charge in [-0.2, -0.15) is 5.26 Å². The van der Waals surface area contributed by atoms with Gasteiger partial charge in [-0.25, -0.2) is 9.97 Å². The third-order valence-electron chi connectivity index (χ3n) is 2.79. The lowest BCUT2D eigenvalue weighted by atomic mass is 10.2. The van der Waals surface area contributed by atoms with Crippen molar-refractivity contribution in [1.82, 2.24) is 9.97 Å². The molecule has 1 aromatic carbocycles. The molecule has 0 aliphatic carbocycles. The fourth-order valence-corrected chi connectivity index (χ4v) is 1.92. The molecule has 3 N–H and O–H groups in total. The highest BCUT2D eigenvalue weighted by Crippen LogP contribution is 2.14. The van der Waals surface area contributed by atoms with Crippen molar-refractivity contribution in [2.75, 3.05) is 16.0 Å². The molecular formula is C16H13BrN6O2. The van der Waals surface area contributed by atoms with Crippen LogP contribution >= 0.6 is 15.9 Å². The molecule has 1 heterocycles. The minimum Gasteiger partial charge on any atom is -0.329 e. The third-order valence-corrected chi connectivity index (χ3v) is 3.20. The van der Waals surface area contributed by atoms with Gasteiger partial charge in [0.1, 0.15) is 11.6 Å². The van der Waals surface area contributed by atoms with Crippen molar-refractivity contribution in [2.45, 2.75) is 6.92 Å². The SMILES string of the molecule is CC(=O)Nc1ccc(NC(=O)/C(C#N)=C\Nc2ncc(Br)cn2)cc1. The van der Waals surface area contributed by atoms with Crippen LogP contribution in [0.1, 0.15) is 6.92 Å². The Hall–Kier alpha value is -3.25. The molecule has 0 aliphatic heterocycles. The van der Waals surface area contributed by atoms with Gasteiger partial charge >= 0.3 is 0 Å². The van der Waals surface area contributed by atoms with E-state index in [1.165, 1.54) is 25.5 Å². The summed E-state index contributed by atoms with van der Waals surface area (Å²) >= 11 is 3.21. The van der Waals surface area contributed by atoms with Gasteiger partial charge in [-0.05, 0) is 40.2 Å². The molecule has 0 unspecified atom stereocenters. The highest BCUT2D eigenvalue weighted by molar-refractivity contribution is 9.10. The highest BCUT2D eigenvalue weighted by atomic mass is 79.9. The molecule has 0 spiro atoms. The maximum Gasteiger partial charge on any atom is 0.267 e. The Morgan fingerprint density at radius 1 is 1.12 bits per heavy atom. The summed E-state index contributed by atoms with van der Waals surface area (Å²) in [5.74, 6) is -0.518. The summed E-state index contributed by atoms with van der Waals surface area (Å²) in [6.07, 6.45) is 4.29. The topological polar surface area (TPSA) is 120 Å². The molecule has 2 amide bonds. The summed E-state index contributed by atoms with van der Waals surface area (Å²) in [6, 6.07) is 8.31. The summed E-state index contributed by atoms with van der Waals surface area (Å²) in [6.45, 7) is 1.40. The number of carbonyl (C=O) groups is 2. The molecule has 1 aromatic heterocycles. The standard InChI is InChI=1S/C16H13BrN6O2/c1-10(24)22-13-2-4-14(5-3-13)23-15(25)11(6-18)7-19-16-20-8-12(17)9-21-16/h2-5,7-9H,1H3,(H,22,24)(H,23,25)(H,19,20,21)/b11-7-. The predicted molar refractivity (Wildman–Crippen MR) is 96.4 cm³/mol. The van der Waals surface area contributed by atoms with Gasteiger partial charge in [0.15, 0.2) is 0 Å². The molecule has 8 nitrogen and oxygen atoms in total. The van der Waals surface area contributed by atoms with Crippen LogP contribution in [-0.2, 0) is 9.59 Å². The first-order valence-corrected chi connectivity index (χ1v) is 7.80. The highest BCUT2D eigenvalue weighted by Gasteiger charge is 2.09. The number of halogens is 1. The van der Waals surface area contributed by atoms with E-state index in [4.69, 9.17) is 5.26 Å². The molecule has 0 radical (unpaired) electrons. The van der Waals surface area contributed by atoms with E-state index in [-0.39, 0.29) is 17.4 Å². The Morgan fingerprint density at radius 3 is 2.20 bits per heavy atom. The van der Waals surface area contributed by atoms with Crippen LogP contribution in [0.25, 0.3) is 0 Å². The Bertz CT molecular complexity index is 840. The molecule has 0 saturated carbocycles. The fraction of sp³-hybridized carbons (Fsp3) is 0.0625. The largest absolute Gasteiger partial charge is 0.329 e. The average molecular weight is 401 g/mol. The van der Waals surface area contributed by atoms with Gasteiger partial charge in [0.25, 0.3) is 5.91 Å². The molecular weight excluding hydrogens is 388 g/mol. The molecule has 2 rings (SSSR count). The van der Waals surface area contributed by atoms with E-state index in [2.05, 4.69) is 41.8 Å². The quantitative estimate of drug-likeness (QED) is 0.524. The van der Waals surface area contributed by atoms with E-state index in [0.717, 1.165) is 0 Å². The summed E-state index contributed by atoms with van der Waals surface area (Å²) in [4.78, 5) is 31.0. The van der Waals surface area contributed by atoms with E-state index < -0.39 is 5.91 Å². The van der Waals surface area contributed by atoms with Crippen LogP contribution in [0.15, 0.2) is 52.9 Å². The van der Waals surface area contributed by atoms with Crippen molar-refractivity contribution in [1.29, 1.82) is 5.26 Å². The van der Waals surface area contributed by atoms with Crippen LogP contribution in [0.4, 0.5) is 17.3 Å². The Morgan fingerprint density at radius 2 is 1.68 bits per heavy atom. The number of nitrogens with zero attached hydrogens (tertiary/aromatic N) is 3. The number of anilines is 3. The molecule has 0 aliphatic rings. The summed E-state index contributed by atoms with van der Waals surface area (Å²) in [5, 5.41) is 17.0. The number of hydrogen-bond donors (Lipinski definition) is 3. The predicted octanol–water partition coefficient (Wildman–Crippen LogP) is 2.66. The number of aromatic nitrogens is 2. The Kier molecular flexibility index (Phi) is 6.20. The van der Waals surface area contributed by atoms with Crippen LogP contribution in [-0.4, -0.2) is 21.8 Å². The normalized spacial score (nSPS) is 10.5. The first-order chi connectivity index (χ1) is 12.0. The number of rotatable bonds is 5. The molecule has 0 atom stereocenters. The second-order valence-electron chi connectivity index (χ2n) is 4.75. The zero-order valence-corrected chi connectivity index (χ0v) is 14.7. The van der Waals surface area contributed by atoms with Gasteiger partial charge in [-0.15, -0.1) is 0 Å². The van der Waals surface area contributed by atoms with Crippen LogP contribution in [0.2, 0.25) is 0 Å². The smallest absolute Gasteiger partial charge is 0.267 e.